The van der Waals surface area contributed by atoms with Crippen molar-refractivity contribution in [2.45, 2.75) is 56.6 Å². The number of nitrogens with one attached hydrogen (secondary N) is 2. The monoisotopic (exact) mass is 420 g/mol. The average molecular weight is 421 g/mol. The van der Waals surface area contributed by atoms with E-state index in [2.05, 4.69) is 25.3 Å². The first kappa shape index (κ1) is 22.4. The summed E-state index contributed by atoms with van der Waals surface area (Å²) >= 11 is 0. The predicted molar refractivity (Wildman–Crippen MR) is 104 cm³/mol. The second-order valence-electron chi connectivity index (χ2n) is 6.63. The molecule has 0 bridgehead atoms. The van der Waals surface area contributed by atoms with Crippen molar-refractivity contribution < 1.29 is 22.1 Å². The van der Waals surface area contributed by atoms with Crippen molar-refractivity contribution in [3.8, 4) is 5.88 Å². The molecule has 0 aliphatic heterocycles. The van der Waals surface area contributed by atoms with Crippen molar-refractivity contribution in [2.24, 2.45) is 4.99 Å². The predicted octanol–water partition coefficient (Wildman–Crippen LogP) is 2.77. The maximum Gasteiger partial charge on any atom is 0.422 e. The van der Waals surface area contributed by atoms with Crippen molar-refractivity contribution in [3.63, 3.8) is 0 Å². The number of aliphatic imine (C=N–C) groups is 1. The number of aromatic nitrogens is 1. The van der Waals surface area contributed by atoms with Gasteiger partial charge in [-0.15, -0.1) is 0 Å². The summed E-state index contributed by atoms with van der Waals surface area (Å²) in [5.74, 6) is 1.20. The summed E-state index contributed by atoms with van der Waals surface area (Å²) < 4.78 is 53.5. The van der Waals surface area contributed by atoms with Crippen molar-refractivity contribution >= 4 is 16.8 Å². The van der Waals surface area contributed by atoms with E-state index in [4.69, 9.17) is 0 Å². The molecule has 158 valence electrons. The quantitative estimate of drug-likeness (QED) is 0.524. The van der Waals surface area contributed by atoms with Crippen LogP contribution in [0.1, 0.15) is 38.2 Å². The normalized spacial score (nSPS) is 21.8. The summed E-state index contributed by atoms with van der Waals surface area (Å²) in [6, 6.07) is 3.36. The Hall–Kier alpha value is -1.84. The molecule has 1 aliphatic rings. The lowest BCUT2D eigenvalue weighted by molar-refractivity contribution is -0.154. The number of hydrogen-bond acceptors (Lipinski definition) is 4. The lowest BCUT2D eigenvalue weighted by Crippen LogP contribution is -2.46. The Labute approximate surface area is 165 Å². The summed E-state index contributed by atoms with van der Waals surface area (Å²) in [4.78, 5) is 7.99. The fourth-order valence-electron chi connectivity index (χ4n) is 3.12. The molecule has 1 aromatic heterocycles. The highest BCUT2D eigenvalue weighted by atomic mass is 32.2. The van der Waals surface area contributed by atoms with Gasteiger partial charge in [-0.1, -0.05) is 13.3 Å². The molecule has 1 aromatic rings. The summed E-state index contributed by atoms with van der Waals surface area (Å²) in [6.45, 7) is 0.929. The molecule has 2 N–H and O–H groups in total. The van der Waals surface area contributed by atoms with E-state index in [0.29, 0.717) is 18.3 Å². The van der Waals surface area contributed by atoms with Gasteiger partial charge in [-0.2, -0.15) is 13.2 Å². The van der Waals surface area contributed by atoms with Crippen LogP contribution in [0.5, 0.6) is 5.88 Å². The second-order valence-corrected chi connectivity index (χ2v) is 8.64. The van der Waals surface area contributed by atoms with Gasteiger partial charge in [0, 0.05) is 53.7 Å². The number of rotatable bonds is 7. The Balaban J connectivity index is 1.86. The van der Waals surface area contributed by atoms with Crippen molar-refractivity contribution in [2.75, 3.05) is 19.4 Å². The van der Waals surface area contributed by atoms with Gasteiger partial charge >= 0.3 is 6.18 Å². The molecule has 3 atom stereocenters. The largest absolute Gasteiger partial charge is 0.468 e. The van der Waals surface area contributed by atoms with Crippen LogP contribution in [0.4, 0.5) is 13.2 Å². The van der Waals surface area contributed by atoms with E-state index < -0.39 is 23.6 Å². The molecule has 0 aromatic carbocycles. The molecule has 1 fully saturated rings. The summed E-state index contributed by atoms with van der Waals surface area (Å²) in [5, 5.41) is 6.71. The minimum atomic E-state index is -4.40. The maximum atomic E-state index is 12.3. The minimum Gasteiger partial charge on any atom is -0.468 e. The van der Waals surface area contributed by atoms with Crippen LogP contribution in [0.15, 0.2) is 23.3 Å². The third-order valence-electron chi connectivity index (χ3n) is 4.49. The molecular weight excluding hydrogens is 393 g/mol. The Morgan fingerprint density at radius 2 is 2.21 bits per heavy atom. The molecular formula is C18H27F3N4O2S. The molecule has 0 saturated heterocycles. The summed E-state index contributed by atoms with van der Waals surface area (Å²) in [5.41, 5.74) is 0.726. The van der Waals surface area contributed by atoms with E-state index in [9.17, 15) is 17.4 Å². The summed E-state index contributed by atoms with van der Waals surface area (Å²) in [7, 11) is 0.860. The molecule has 6 nitrogen and oxygen atoms in total. The van der Waals surface area contributed by atoms with Crippen LogP contribution >= 0.6 is 0 Å². The number of hydrogen-bond donors (Lipinski definition) is 2. The molecule has 1 aliphatic carbocycles. The molecule has 0 amide bonds. The number of pyridine rings is 1. The van der Waals surface area contributed by atoms with Crippen molar-refractivity contribution in [1.29, 1.82) is 0 Å². The Morgan fingerprint density at radius 3 is 2.89 bits per heavy atom. The zero-order valence-corrected chi connectivity index (χ0v) is 16.9. The van der Waals surface area contributed by atoms with Crippen molar-refractivity contribution in [1.82, 2.24) is 15.6 Å². The summed E-state index contributed by atoms with van der Waals surface area (Å²) in [6.07, 6.45) is 0.845. The van der Waals surface area contributed by atoms with Gasteiger partial charge in [-0.3, -0.25) is 9.20 Å². The van der Waals surface area contributed by atoms with Crippen LogP contribution in [-0.2, 0) is 17.3 Å². The van der Waals surface area contributed by atoms with Gasteiger partial charge in [0.1, 0.15) is 0 Å². The van der Waals surface area contributed by atoms with E-state index in [1.807, 2.05) is 6.92 Å². The average Bonchev–Trinajstić information content (AvgIpc) is 2.69. The highest BCUT2D eigenvalue weighted by Gasteiger charge is 2.29. The number of nitrogens with zero attached hydrogens (tertiary/aromatic N) is 2. The first-order chi connectivity index (χ1) is 13.3. The first-order valence-corrected chi connectivity index (χ1v) is 10.7. The van der Waals surface area contributed by atoms with Gasteiger partial charge in [0.05, 0.1) is 0 Å². The molecule has 2 rings (SSSR count). The third kappa shape index (κ3) is 7.65. The SMILES string of the molecule is CCS(=O)C1CCCC(NC(=NC)NCc2ccnc(OCC(F)(F)F)c2)C1. The van der Waals surface area contributed by atoms with Gasteiger partial charge < -0.3 is 15.4 Å². The minimum absolute atomic E-state index is 0.0725. The molecule has 1 heterocycles. The van der Waals surface area contributed by atoms with E-state index in [-0.39, 0.29) is 17.2 Å². The number of alkyl halides is 3. The van der Waals surface area contributed by atoms with Crippen LogP contribution in [0.2, 0.25) is 0 Å². The maximum absolute atomic E-state index is 12.3. The lowest BCUT2D eigenvalue weighted by atomic mass is 9.95. The van der Waals surface area contributed by atoms with Crippen LogP contribution < -0.4 is 15.4 Å². The Bertz CT molecular complexity index is 685. The molecule has 10 heteroatoms. The van der Waals surface area contributed by atoms with Crippen LogP contribution in [0.3, 0.4) is 0 Å². The van der Waals surface area contributed by atoms with Gasteiger partial charge in [-0.05, 0) is 30.9 Å². The standard InChI is InChI=1S/C18H27F3N4O2S/c1-3-28(26)15-6-4-5-14(10-15)25-17(22-2)24-11-13-7-8-23-16(9-13)27-12-18(19,20)21/h7-9,14-15H,3-6,10-12H2,1-2H3,(H2,22,24,25). The van der Waals surface area contributed by atoms with Crippen LogP contribution in [0.25, 0.3) is 0 Å². The van der Waals surface area contributed by atoms with Gasteiger partial charge in [-0.25, -0.2) is 4.98 Å². The first-order valence-electron chi connectivity index (χ1n) is 9.29. The second kappa shape index (κ2) is 10.6. The molecule has 28 heavy (non-hydrogen) atoms. The van der Waals surface area contributed by atoms with Crippen LogP contribution in [-0.4, -0.2) is 52.0 Å². The number of halogens is 3. The van der Waals surface area contributed by atoms with Gasteiger partial charge in [0.2, 0.25) is 5.88 Å². The van der Waals surface area contributed by atoms with E-state index in [0.717, 1.165) is 31.2 Å². The van der Waals surface area contributed by atoms with E-state index >= 15 is 0 Å². The van der Waals surface area contributed by atoms with Crippen LogP contribution in [0, 0.1) is 0 Å². The smallest absolute Gasteiger partial charge is 0.422 e. The van der Waals surface area contributed by atoms with Gasteiger partial charge in [0.15, 0.2) is 12.6 Å². The number of ether oxygens (including phenoxy) is 1. The Morgan fingerprint density at radius 1 is 1.43 bits per heavy atom. The number of guanidine groups is 1. The van der Waals surface area contributed by atoms with Gasteiger partial charge in [0.25, 0.3) is 0 Å². The highest BCUT2D eigenvalue weighted by molar-refractivity contribution is 7.85. The Kier molecular flexibility index (Phi) is 8.53. The van der Waals surface area contributed by atoms with E-state index in [1.54, 1.807) is 13.1 Å². The van der Waals surface area contributed by atoms with Crippen molar-refractivity contribution in [3.05, 3.63) is 23.9 Å². The lowest BCUT2D eigenvalue weighted by Gasteiger charge is -2.30. The molecule has 0 radical (unpaired) electrons. The topological polar surface area (TPSA) is 75.6 Å². The molecule has 3 unspecified atom stereocenters. The zero-order valence-electron chi connectivity index (χ0n) is 16.1. The fourth-order valence-corrected chi connectivity index (χ4v) is 4.47. The molecule has 1 saturated carbocycles. The van der Waals surface area contributed by atoms with E-state index in [1.165, 1.54) is 12.3 Å². The molecule has 0 spiro atoms. The fraction of sp³-hybridized carbons (Fsp3) is 0.667. The highest BCUT2D eigenvalue weighted by Crippen LogP contribution is 2.23. The third-order valence-corrected chi connectivity index (χ3v) is 6.23. The zero-order chi connectivity index (χ0) is 20.6.